The third-order valence-electron chi connectivity index (χ3n) is 6.65. The maximum atomic E-state index is 13.3. The highest BCUT2D eigenvalue weighted by molar-refractivity contribution is 6.39. The number of aryl methyl sites for hydroxylation is 2. The van der Waals surface area contributed by atoms with Crippen LogP contribution in [-0.4, -0.2) is 48.7 Å². The van der Waals surface area contributed by atoms with E-state index in [4.69, 9.17) is 4.74 Å². The number of morpholine rings is 1. The molecule has 1 aromatic heterocycles. The van der Waals surface area contributed by atoms with Crippen molar-refractivity contribution >= 4 is 35.3 Å². The Kier molecular flexibility index (Phi) is 6.20. The Morgan fingerprint density at radius 2 is 1.44 bits per heavy atom. The van der Waals surface area contributed by atoms with E-state index >= 15 is 0 Å². The SMILES string of the molecule is Cc1ccc(N2C(=O)NC(=O)/C(=C\c3cc(C)n(-c4ccc(N5CCOCC5)cc4)c3C)C2=O)cc1. The number of hydrogen-bond acceptors (Lipinski definition) is 5. The summed E-state index contributed by atoms with van der Waals surface area (Å²) in [5.74, 6) is -1.35. The topological polar surface area (TPSA) is 83.9 Å². The maximum Gasteiger partial charge on any atom is 0.335 e. The maximum absolute atomic E-state index is 13.3. The number of carbonyl (C=O) groups is 3. The molecule has 0 radical (unpaired) electrons. The van der Waals surface area contributed by atoms with Crippen LogP contribution in [0.4, 0.5) is 16.2 Å². The zero-order valence-electron chi connectivity index (χ0n) is 20.6. The monoisotopic (exact) mass is 484 g/mol. The van der Waals surface area contributed by atoms with E-state index in [1.54, 1.807) is 18.2 Å². The zero-order chi connectivity index (χ0) is 25.4. The molecule has 1 N–H and O–H groups in total. The molecule has 2 aliphatic rings. The van der Waals surface area contributed by atoms with Gasteiger partial charge >= 0.3 is 6.03 Å². The van der Waals surface area contributed by atoms with Crippen molar-refractivity contribution in [3.05, 3.63) is 82.7 Å². The zero-order valence-corrected chi connectivity index (χ0v) is 20.6. The summed E-state index contributed by atoms with van der Waals surface area (Å²) in [6.45, 7) is 9.05. The standard InChI is InChI=1S/C28H28N4O4/c1-18-4-6-24(7-5-18)32-27(34)25(26(33)29-28(32)35)17-21-16-19(2)31(20(21)3)23-10-8-22(9-11-23)30-12-14-36-15-13-30/h4-11,16-17H,12-15H2,1-3H3,(H,29,33,35)/b25-17+. The molecule has 184 valence electrons. The summed E-state index contributed by atoms with van der Waals surface area (Å²) in [6.07, 6.45) is 1.56. The van der Waals surface area contributed by atoms with Gasteiger partial charge < -0.3 is 14.2 Å². The number of nitrogens with zero attached hydrogens (tertiary/aromatic N) is 3. The average molecular weight is 485 g/mol. The van der Waals surface area contributed by atoms with Crippen molar-refractivity contribution in [2.75, 3.05) is 36.1 Å². The van der Waals surface area contributed by atoms with Gasteiger partial charge in [0, 0.05) is 35.9 Å². The number of rotatable bonds is 4. The molecule has 2 aliphatic heterocycles. The van der Waals surface area contributed by atoms with Gasteiger partial charge in [-0.2, -0.15) is 0 Å². The number of hydrogen-bond donors (Lipinski definition) is 1. The number of amides is 4. The van der Waals surface area contributed by atoms with Gasteiger partial charge in [0.1, 0.15) is 5.57 Å². The molecule has 0 saturated carbocycles. The number of benzene rings is 2. The van der Waals surface area contributed by atoms with Crippen LogP contribution < -0.4 is 15.1 Å². The first-order valence-electron chi connectivity index (χ1n) is 11.9. The summed E-state index contributed by atoms with van der Waals surface area (Å²) in [5.41, 5.74) is 6.06. The lowest BCUT2D eigenvalue weighted by molar-refractivity contribution is -0.122. The van der Waals surface area contributed by atoms with Crippen molar-refractivity contribution < 1.29 is 19.1 Å². The molecule has 0 unspecified atom stereocenters. The molecule has 0 bridgehead atoms. The average Bonchev–Trinajstić information content (AvgIpc) is 3.16. The minimum atomic E-state index is -0.753. The van der Waals surface area contributed by atoms with E-state index in [1.807, 2.05) is 39.0 Å². The molecule has 0 atom stereocenters. The summed E-state index contributed by atoms with van der Waals surface area (Å²) in [5, 5.41) is 2.29. The Bertz CT molecular complexity index is 1360. The summed E-state index contributed by atoms with van der Waals surface area (Å²) >= 11 is 0. The summed E-state index contributed by atoms with van der Waals surface area (Å²) in [6, 6.07) is 16.5. The molecule has 3 heterocycles. The summed E-state index contributed by atoms with van der Waals surface area (Å²) in [7, 11) is 0. The van der Waals surface area contributed by atoms with E-state index in [9.17, 15) is 14.4 Å². The fourth-order valence-electron chi connectivity index (χ4n) is 4.71. The first-order valence-corrected chi connectivity index (χ1v) is 11.9. The normalized spacial score (nSPS) is 17.6. The van der Waals surface area contributed by atoms with Crippen molar-refractivity contribution in [2.24, 2.45) is 0 Å². The van der Waals surface area contributed by atoms with Gasteiger partial charge in [0.05, 0.1) is 18.9 Å². The van der Waals surface area contributed by atoms with E-state index < -0.39 is 17.8 Å². The number of nitrogens with one attached hydrogen (secondary N) is 1. The number of anilines is 2. The second-order valence-corrected chi connectivity index (χ2v) is 9.07. The number of ether oxygens (including phenoxy) is 1. The van der Waals surface area contributed by atoms with Gasteiger partial charge in [-0.3, -0.25) is 14.9 Å². The Balaban J connectivity index is 1.46. The van der Waals surface area contributed by atoms with E-state index in [-0.39, 0.29) is 5.57 Å². The Morgan fingerprint density at radius 3 is 2.11 bits per heavy atom. The van der Waals surface area contributed by atoms with Crippen LogP contribution in [0.25, 0.3) is 11.8 Å². The second-order valence-electron chi connectivity index (χ2n) is 9.07. The number of imide groups is 2. The highest BCUT2D eigenvalue weighted by atomic mass is 16.5. The van der Waals surface area contributed by atoms with Crippen LogP contribution in [0.15, 0.2) is 60.2 Å². The third kappa shape index (κ3) is 4.31. The van der Waals surface area contributed by atoms with Gasteiger partial charge in [-0.15, -0.1) is 0 Å². The van der Waals surface area contributed by atoms with Gasteiger partial charge in [-0.1, -0.05) is 17.7 Å². The largest absolute Gasteiger partial charge is 0.378 e. The highest BCUT2D eigenvalue weighted by Gasteiger charge is 2.37. The Hall–Kier alpha value is -4.17. The van der Waals surface area contributed by atoms with Gasteiger partial charge in [-0.05, 0) is 74.9 Å². The predicted octanol–water partition coefficient (Wildman–Crippen LogP) is 3.91. The smallest absolute Gasteiger partial charge is 0.335 e. The van der Waals surface area contributed by atoms with Crippen molar-refractivity contribution in [1.82, 2.24) is 9.88 Å². The van der Waals surface area contributed by atoms with Crippen LogP contribution in [0.5, 0.6) is 0 Å². The van der Waals surface area contributed by atoms with Crippen LogP contribution in [-0.2, 0) is 14.3 Å². The van der Waals surface area contributed by atoms with E-state index in [2.05, 4.69) is 39.0 Å². The fourth-order valence-corrected chi connectivity index (χ4v) is 4.71. The van der Waals surface area contributed by atoms with Crippen LogP contribution in [0.2, 0.25) is 0 Å². The molecule has 36 heavy (non-hydrogen) atoms. The lowest BCUT2D eigenvalue weighted by Crippen LogP contribution is -2.54. The van der Waals surface area contributed by atoms with Gasteiger partial charge in [0.25, 0.3) is 11.8 Å². The summed E-state index contributed by atoms with van der Waals surface area (Å²) in [4.78, 5) is 41.7. The highest BCUT2D eigenvalue weighted by Crippen LogP contribution is 2.27. The molecule has 2 aromatic carbocycles. The summed E-state index contributed by atoms with van der Waals surface area (Å²) < 4.78 is 7.53. The number of carbonyl (C=O) groups excluding carboxylic acids is 3. The molecule has 3 aromatic rings. The minimum Gasteiger partial charge on any atom is -0.378 e. The molecule has 0 spiro atoms. The van der Waals surface area contributed by atoms with E-state index in [1.165, 1.54) is 0 Å². The Labute approximate surface area is 209 Å². The van der Waals surface area contributed by atoms with Gasteiger partial charge in [-0.25, -0.2) is 9.69 Å². The lowest BCUT2D eigenvalue weighted by Gasteiger charge is -2.29. The van der Waals surface area contributed by atoms with Crippen molar-refractivity contribution in [3.63, 3.8) is 0 Å². The van der Waals surface area contributed by atoms with Gasteiger partial charge in [0.2, 0.25) is 0 Å². The molecule has 0 aliphatic carbocycles. The fraction of sp³-hybridized carbons (Fsp3) is 0.250. The third-order valence-corrected chi connectivity index (χ3v) is 6.65. The quantitative estimate of drug-likeness (QED) is 0.449. The number of barbiturate groups is 1. The van der Waals surface area contributed by atoms with Crippen molar-refractivity contribution in [2.45, 2.75) is 20.8 Å². The van der Waals surface area contributed by atoms with E-state index in [0.717, 1.165) is 65.1 Å². The molecule has 2 fully saturated rings. The first kappa shape index (κ1) is 23.6. The number of aromatic nitrogens is 1. The lowest BCUT2D eigenvalue weighted by atomic mass is 10.1. The van der Waals surface area contributed by atoms with Crippen molar-refractivity contribution in [1.29, 1.82) is 0 Å². The molecular weight excluding hydrogens is 456 g/mol. The number of urea groups is 1. The van der Waals surface area contributed by atoms with E-state index in [0.29, 0.717) is 5.69 Å². The van der Waals surface area contributed by atoms with Crippen LogP contribution in [0.1, 0.15) is 22.5 Å². The minimum absolute atomic E-state index is 0.0851. The van der Waals surface area contributed by atoms with Crippen molar-refractivity contribution in [3.8, 4) is 5.69 Å². The molecule has 8 heteroatoms. The second kappa shape index (κ2) is 9.47. The van der Waals surface area contributed by atoms with Crippen LogP contribution >= 0.6 is 0 Å². The van der Waals surface area contributed by atoms with Crippen LogP contribution in [0, 0.1) is 20.8 Å². The molecule has 5 rings (SSSR count). The Morgan fingerprint density at radius 1 is 0.833 bits per heavy atom. The first-order chi connectivity index (χ1) is 17.3. The molecular formula is C28H28N4O4. The molecule has 2 saturated heterocycles. The van der Waals surface area contributed by atoms with Crippen LogP contribution in [0.3, 0.4) is 0 Å². The molecule has 8 nitrogen and oxygen atoms in total. The van der Waals surface area contributed by atoms with Gasteiger partial charge in [0.15, 0.2) is 0 Å². The molecule has 4 amide bonds. The predicted molar refractivity (Wildman–Crippen MR) is 138 cm³/mol.